The number of esters is 1. The van der Waals surface area contributed by atoms with Crippen molar-refractivity contribution in [1.82, 2.24) is 5.32 Å². The van der Waals surface area contributed by atoms with Gasteiger partial charge in [-0.2, -0.15) is 0 Å². The Hall–Kier alpha value is -1.92. The van der Waals surface area contributed by atoms with Crippen LogP contribution >= 0.6 is 0 Å². The number of carbonyl (C=O) groups excluding carboxylic acids is 2. The van der Waals surface area contributed by atoms with E-state index in [-0.39, 0.29) is 18.5 Å². The van der Waals surface area contributed by atoms with Crippen molar-refractivity contribution in [2.75, 3.05) is 13.2 Å². The number of hydrogen-bond donors (Lipinski definition) is 3. The van der Waals surface area contributed by atoms with Crippen molar-refractivity contribution >= 4 is 11.9 Å². The van der Waals surface area contributed by atoms with Crippen LogP contribution in [0.3, 0.4) is 0 Å². The third kappa shape index (κ3) is 61.3. The summed E-state index contributed by atoms with van der Waals surface area (Å²) >= 11 is 0. The van der Waals surface area contributed by atoms with E-state index in [1.807, 2.05) is 6.08 Å². The van der Waals surface area contributed by atoms with Crippen LogP contribution in [0, 0.1) is 0 Å². The number of ether oxygens (including phenoxy) is 1. The maximum absolute atomic E-state index is 12.5. The summed E-state index contributed by atoms with van der Waals surface area (Å²) in [6.07, 6.45) is 83.5. The molecule has 0 aliphatic rings. The second kappa shape index (κ2) is 65.6. The molecule has 6 nitrogen and oxygen atoms in total. The molecule has 2 unspecified atom stereocenters. The SMILES string of the molecule is CCCCCCCCCCCCCCCCCCC/C=C/C(O)C(CO)NC(=O)CCCCCCCCCCCCC/C=C\C/C=C\CCCCCCCCCCCOC(=O)CCCCCCCCCCCCCCC. The summed E-state index contributed by atoms with van der Waals surface area (Å²) in [7, 11) is 0. The first kappa shape index (κ1) is 74.1. The summed E-state index contributed by atoms with van der Waals surface area (Å²) in [6.45, 7) is 4.93. The van der Waals surface area contributed by atoms with E-state index < -0.39 is 12.1 Å². The highest BCUT2D eigenvalue weighted by Crippen LogP contribution is 2.18. The van der Waals surface area contributed by atoms with Crippen molar-refractivity contribution in [2.45, 2.75) is 386 Å². The summed E-state index contributed by atoms with van der Waals surface area (Å²) in [5.74, 6) is -0.0561. The molecular formula is C70H133NO5. The number of allylic oxidation sites excluding steroid dienone is 5. The monoisotopic (exact) mass is 1070 g/mol. The van der Waals surface area contributed by atoms with Crippen LogP contribution in [0.1, 0.15) is 373 Å². The molecule has 0 aromatic rings. The number of rotatable bonds is 64. The van der Waals surface area contributed by atoms with Gasteiger partial charge >= 0.3 is 5.97 Å². The number of carbonyl (C=O) groups is 2. The van der Waals surface area contributed by atoms with E-state index in [0.717, 1.165) is 44.9 Å². The molecule has 0 saturated heterocycles. The van der Waals surface area contributed by atoms with Crippen molar-refractivity contribution < 1.29 is 24.5 Å². The van der Waals surface area contributed by atoms with E-state index in [1.54, 1.807) is 6.08 Å². The van der Waals surface area contributed by atoms with Crippen molar-refractivity contribution in [1.29, 1.82) is 0 Å². The smallest absolute Gasteiger partial charge is 0.305 e. The zero-order valence-corrected chi connectivity index (χ0v) is 51.3. The zero-order chi connectivity index (χ0) is 55.0. The highest BCUT2D eigenvalue weighted by Gasteiger charge is 2.18. The highest BCUT2D eigenvalue weighted by atomic mass is 16.5. The topological polar surface area (TPSA) is 95.9 Å². The van der Waals surface area contributed by atoms with Gasteiger partial charge in [-0.25, -0.2) is 0 Å². The molecule has 0 heterocycles. The Labute approximate surface area is 474 Å². The summed E-state index contributed by atoms with van der Waals surface area (Å²) in [5, 5.41) is 23.2. The lowest BCUT2D eigenvalue weighted by Gasteiger charge is -2.20. The van der Waals surface area contributed by atoms with Gasteiger partial charge in [-0.1, -0.05) is 333 Å². The van der Waals surface area contributed by atoms with Gasteiger partial charge in [0.1, 0.15) is 0 Å². The van der Waals surface area contributed by atoms with Gasteiger partial charge in [-0.3, -0.25) is 9.59 Å². The van der Waals surface area contributed by atoms with E-state index in [2.05, 4.69) is 43.5 Å². The minimum atomic E-state index is -0.847. The van der Waals surface area contributed by atoms with Crippen LogP contribution in [-0.4, -0.2) is 47.4 Å². The lowest BCUT2D eigenvalue weighted by molar-refractivity contribution is -0.143. The largest absolute Gasteiger partial charge is 0.466 e. The van der Waals surface area contributed by atoms with E-state index in [1.165, 1.54) is 302 Å². The standard InChI is InChI=1S/C70H133NO5/c1-3-5-7-9-11-13-15-17-18-19-29-32-35-39-42-46-50-54-58-62-68(73)67(66-72)71-69(74)63-59-55-51-47-43-40-36-33-30-27-25-23-21-20-22-24-26-28-31-34-37-41-45-49-53-57-61-65-76-70(75)64-60-56-52-48-44-38-16-14-12-10-8-6-4-2/h20-21,24,26,58,62,67-68,72-73H,3-19,22-23,25,27-57,59-61,63-66H2,1-2H3,(H,71,74)/b21-20-,26-24-,62-58+. The molecular weight excluding hydrogens is 935 g/mol. The van der Waals surface area contributed by atoms with Gasteiger partial charge in [0, 0.05) is 12.8 Å². The lowest BCUT2D eigenvalue weighted by Crippen LogP contribution is -2.45. The molecule has 0 radical (unpaired) electrons. The van der Waals surface area contributed by atoms with Crippen molar-refractivity contribution in [3.63, 3.8) is 0 Å². The van der Waals surface area contributed by atoms with Gasteiger partial charge < -0.3 is 20.3 Å². The van der Waals surface area contributed by atoms with E-state index in [4.69, 9.17) is 4.74 Å². The Morgan fingerprint density at radius 1 is 0.368 bits per heavy atom. The van der Waals surface area contributed by atoms with Crippen LogP contribution < -0.4 is 5.32 Å². The Balaban J connectivity index is 3.44. The average molecular weight is 1070 g/mol. The number of aliphatic hydroxyl groups is 2. The van der Waals surface area contributed by atoms with Gasteiger partial charge in [-0.15, -0.1) is 0 Å². The molecule has 3 N–H and O–H groups in total. The van der Waals surface area contributed by atoms with Crippen LogP contribution in [0.2, 0.25) is 0 Å². The Morgan fingerprint density at radius 3 is 1.00 bits per heavy atom. The Kier molecular flexibility index (Phi) is 63.9. The summed E-state index contributed by atoms with van der Waals surface area (Å²) < 4.78 is 5.48. The first-order valence-electron chi connectivity index (χ1n) is 34.3. The molecule has 0 aliphatic heterocycles. The second-order valence-corrected chi connectivity index (χ2v) is 23.5. The van der Waals surface area contributed by atoms with Crippen molar-refractivity contribution in [3.8, 4) is 0 Å². The fraction of sp³-hybridized carbons (Fsp3) is 0.886. The van der Waals surface area contributed by atoms with Crippen LogP contribution in [0.5, 0.6) is 0 Å². The van der Waals surface area contributed by atoms with Gasteiger partial charge in [-0.05, 0) is 64.2 Å². The minimum Gasteiger partial charge on any atom is -0.466 e. The fourth-order valence-corrected chi connectivity index (χ4v) is 10.7. The summed E-state index contributed by atoms with van der Waals surface area (Å²) in [5.41, 5.74) is 0. The molecule has 0 bridgehead atoms. The molecule has 0 aromatic carbocycles. The molecule has 448 valence electrons. The predicted octanol–water partition coefficient (Wildman–Crippen LogP) is 21.9. The summed E-state index contributed by atoms with van der Waals surface area (Å²) in [4.78, 5) is 24.5. The molecule has 1 amide bonds. The molecule has 0 aromatic heterocycles. The van der Waals surface area contributed by atoms with Crippen LogP contribution in [-0.2, 0) is 14.3 Å². The molecule has 0 aliphatic carbocycles. The highest BCUT2D eigenvalue weighted by molar-refractivity contribution is 5.76. The lowest BCUT2D eigenvalue weighted by atomic mass is 10.0. The van der Waals surface area contributed by atoms with Gasteiger partial charge in [0.15, 0.2) is 0 Å². The quantitative estimate of drug-likeness (QED) is 0.0320. The van der Waals surface area contributed by atoms with E-state index in [9.17, 15) is 19.8 Å². The molecule has 6 heteroatoms. The number of unbranched alkanes of at least 4 members (excludes halogenated alkanes) is 49. The number of amides is 1. The maximum atomic E-state index is 12.5. The van der Waals surface area contributed by atoms with Gasteiger partial charge in [0.05, 0.1) is 25.4 Å². The molecule has 0 fully saturated rings. The van der Waals surface area contributed by atoms with Crippen LogP contribution in [0.25, 0.3) is 0 Å². The number of hydrogen-bond acceptors (Lipinski definition) is 5. The molecule has 0 saturated carbocycles. The van der Waals surface area contributed by atoms with E-state index in [0.29, 0.717) is 19.4 Å². The first-order chi connectivity index (χ1) is 37.5. The third-order valence-corrected chi connectivity index (χ3v) is 15.9. The average Bonchev–Trinajstić information content (AvgIpc) is 3.42. The Morgan fingerprint density at radius 2 is 0.658 bits per heavy atom. The minimum absolute atomic E-state index is 0.0121. The first-order valence-corrected chi connectivity index (χ1v) is 34.3. The fourth-order valence-electron chi connectivity index (χ4n) is 10.7. The second-order valence-electron chi connectivity index (χ2n) is 23.5. The third-order valence-electron chi connectivity index (χ3n) is 15.9. The predicted molar refractivity (Wildman–Crippen MR) is 333 cm³/mol. The summed E-state index contributed by atoms with van der Waals surface area (Å²) in [6, 6.07) is -0.631. The molecule has 0 rings (SSSR count). The normalized spacial score (nSPS) is 12.7. The molecule has 0 spiro atoms. The maximum Gasteiger partial charge on any atom is 0.305 e. The van der Waals surface area contributed by atoms with Crippen LogP contribution in [0.4, 0.5) is 0 Å². The van der Waals surface area contributed by atoms with Crippen LogP contribution in [0.15, 0.2) is 36.5 Å². The van der Waals surface area contributed by atoms with Crippen molar-refractivity contribution in [3.05, 3.63) is 36.5 Å². The van der Waals surface area contributed by atoms with Crippen molar-refractivity contribution in [2.24, 2.45) is 0 Å². The number of nitrogens with one attached hydrogen (secondary N) is 1. The van der Waals surface area contributed by atoms with Gasteiger partial charge in [0.2, 0.25) is 5.91 Å². The molecule has 76 heavy (non-hydrogen) atoms. The van der Waals surface area contributed by atoms with Gasteiger partial charge in [0.25, 0.3) is 0 Å². The zero-order valence-electron chi connectivity index (χ0n) is 51.3. The van der Waals surface area contributed by atoms with E-state index >= 15 is 0 Å². The molecule has 2 atom stereocenters. The number of aliphatic hydroxyl groups excluding tert-OH is 2. The Bertz CT molecular complexity index is 1230.